The molecule has 0 nitrogen and oxygen atoms in total. The Hall–Kier alpha value is 0.131. The summed E-state index contributed by atoms with van der Waals surface area (Å²) < 4.78 is 0. The zero-order chi connectivity index (χ0) is 27.6. The van der Waals surface area contributed by atoms with Crippen LogP contribution in [0.4, 0.5) is 0 Å². The zero-order valence-corrected chi connectivity index (χ0v) is 30.0. The van der Waals surface area contributed by atoms with Crippen molar-refractivity contribution in [3.8, 4) is 0 Å². The van der Waals surface area contributed by atoms with Crippen molar-refractivity contribution in [1.82, 2.24) is 0 Å². The predicted octanol–water partition coefficient (Wildman–Crippen LogP) is 12.1. The molecule has 0 aliphatic rings. The first-order valence-corrected chi connectivity index (χ1v) is 21.4. The Morgan fingerprint density at radius 3 is 0.676 bits per heavy atom. The first-order valence-electron chi connectivity index (χ1n) is 14.7. The van der Waals surface area contributed by atoms with Crippen LogP contribution in [0.15, 0.2) is 22.7 Å². The molecule has 0 bridgehead atoms. The molecule has 0 unspecified atom stereocenters. The second kappa shape index (κ2) is 12.6. The van der Waals surface area contributed by atoms with Gasteiger partial charge in [-0.3, -0.25) is 0 Å². The van der Waals surface area contributed by atoms with Gasteiger partial charge in [-0.25, -0.2) is 0 Å². The van der Waals surface area contributed by atoms with Crippen LogP contribution in [-0.4, -0.2) is 24.2 Å². The van der Waals surface area contributed by atoms with Crippen LogP contribution in [0.5, 0.6) is 0 Å². The van der Waals surface area contributed by atoms with Gasteiger partial charge >= 0.3 is 0 Å². The first-order chi connectivity index (χ1) is 15.3. The predicted molar refractivity (Wildman–Crippen MR) is 170 cm³/mol. The van der Waals surface area contributed by atoms with Crippen LogP contribution in [0, 0.1) is 0 Å². The highest BCUT2D eigenvalue weighted by Gasteiger charge is 2.60. The zero-order valence-electron chi connectivity index (χ0n) is 27.0. The molecule has 0 aliphatic heterocycles. The van der Waals surface area contributed by atoms with Gasteiger partial charge in [0.05, 0.1) is 24.2 Å². The largest absolute Gasteiger partial charge is 0.0992 e. The van der Waals surface area contributed by atoms with E-state index in [0.29, 0.717) is 16.6 Å². The van der Waals surface area contributed by atoms with Gasteiger partial charge < -0.3 is 0 Å². The molecule has 0 fully saturated rings. The van der Waals surface area contributed by atoms with E-state index in [1.807, 2.05) is 5.20 Å². The van der Waals surface area contributed by atoms with Crippen molar-refractivity contribution in [2.24, 2.45) is 0 Å². The third-order valence-electron chi connectivity index (χ3n) is 10.4. The molecule has 0 amide bonds. The average molecular weight is 523 g/mol. The Kier molecular flexibility index (Phi) is 12.6. The molecule has 0 spiro atoms. The lowest BCUT2D eigenvalue weighted by molar-refractivity contribution is 0.793. The summed E-state index contributed by atoms with van der Waals surface area (Å²) in [6.45, 7) is 51.2. The van der Waals surface area contributed by atoms with Crippen molar-refractivity contribution in [3.63, 3.8) is 0 Å². The van der Waals surface area contributed by atoms with Crippen LogP contribution < -0.4 is 0 Å². The molecule has 202 valence electrons. The van der Waals surface area contributed by atoms with Crippen molar-refractivity contribution in [3.05, 3.63) is 22.7 Å². The Bertz CT molecular complexity index is 575. The molecule has 0 N–H and O–H groups in total. The third kappa shape index (κ3) is 5.10. The average Bonchev–Trinajstić information content (AvgIpc) is 2.62. The lowest BCUT2D eigenvalue weighted by Gasteiger charge is -2.60. The van der Waals surface area contributed by atoms with E-state index in [9.17, 15) is 0 Å². The summed E-state index contributed by atoms with van der Waals surface area (Å²) in [6.07, 6.45) is 2.46. The maximum Gasteiger partial charge on any atom is 0.0931 e. The fourth-order valence-corrected chi connectivity index (χ4v) is 40.0. The summed E-state index contributed by atoms with van der Waals surface area (Å²) in [4.78, 5) is 2.10. The van der Waals surface area contributed by atoms with E-state index in [1.165, 1.54) is 0 Å². The summed E-state index contributed by atoms with van der Waals surface area (Å²) in [5.74, 6) is 0. The standard InChI is InChI=1S/C31H66Si3/c1-20-30(32(21(2)3,22(4)5)23(6)7)31(33(24(8)9,25(10)11)26(12)13)34(27(14)15,28(16)17)29(18)19/h20-29H,1H2,2-19H3. The number of allylic oxidation sites excluding steroid dienone is 2. The lowest BCUT2D eigenvalue weighted by Crippen LogP contribution is -2.63. The van der Waals surface area contributed by atoms with Crippen LogP contribution >= 0.6 is 0 Å². The van der Waals surface area contributed by atoms with Crippen molar-refractivity contribution in [1.29, 1.82) is 0 Å². The minimum atomic E-state index is -1.91. The van der Waals surface area contributed by atoms with Crippen molar-refractivity contribution in [2.75, 3.05) is 0 Å². The summed E-state index contributed by atoms with van der Waals surface area (Å²) >= 11 is 0. The molecule has 34 heavy (non-hydrogen) atoms. The van der Waals surface area contributed by atoms with E-state index in [2.05, 4.69) is 136 Å². The van der Waals surface area contributed by atoms with Crippen LogP contribution in [0.25, 0.3) is 0 Å². The first kappa shape index (κ1) is 34.1. The van der Waals surface area contributed by atoms with Crippen molar-refractivity contribution in [2.45, 2.75) is 174 Å². The van der Waals surface area contributed by atoms with Crippen molar-refractivity contribution >= 4 is 24.2 Å². The second-order valence-electron chi connectivity index (χ2n) is 14.2. The van der Waals surface area contributed by atoms with E-state index in [1.54, 1.807) is 0 Å². The monoisotopic (exact) mass is 522 g/mol. The van der Waals surface area contributed by atoms with Crippen LogP contribution in [-0.2, 0) is 0 Å². The topological polar surface area (TPSA) is 0 Å². The summed E-state index contributed by atoms with van der Waals surface area (Å²) in [7, 11) is -5.70. The van der Waals surface area contributed by atoms with Gasteiger partial charge in [-0.2, -0.15) is 0 Å². The molecule has 0 heterocycles. The second-order valence-corrected chi connectivity index (χ2v) is 32.2. The van der Waals surface area contributed by atoms with Gasteiger partial charge in [-0.15, -0.1) is 0 Å². The number of hydrogen-bond acceptors (Lipinski definition) is 0. The SMILES string of the molecule is C=CC(=C([Si](C(C)C)(C(C)C)C(C)C)[Si](C(C)C)(C(C)C)C(C)C)[Si](C(C)C)(C(C)C)C(C)C. The van der Waals surface area contributed by atoms with Gasteiger partial charge in [0.1, 0.15) is 0 Å². The molecule has 0 aliphatic carbocycles. The van der Waals surface area contributed by atoms with E-state index in [-0.39, 0.29) is 0 Å². The van der Waals surface area contributed by atoms with Crippen molar-refractivity contribution < 1.29 is 0 Å². The molecule has 0 aromatic rings. The van der Waals surface area contributed by atoms with E-state index >= 15 is 0 Å². The summed E-state index contributed by atoms with van der Waals surface area (Å²) in [5, 5.41) is 1.85. The highest BCUT2D eigenvalue weighted by atomic mass is 28.4. The normalized spacial score (nSPS) is 14.3. The number of hydrogen-bond donors (Lipinski definition) is 0. The molecule has 0 radical (unpaired) electrons. The Balaban J connectivity index is 8.86. The van der Waals surface area contributed by atoms with Gasteiger partial charge in [-0.05, 0) is 49.9 Å². The molecule has 0 saturated heterocycles. The van der Waals surface area contributed by atoms with Crippen LogP contribution in [0.1, 0.15) is 125 Å². The number of rotatable bonds is 13. The van der Waals surface area contributed by atoms with Gasteiger partial charge in [0.15, 0.2) is 0 Å². The highest BCUT2D eigenvalue weighted by molar-refractivity contribution is 7.12. The quantitative estimate of drug-likeness (QED) is 0.166. The maximum absolute atomic E-state index is 4.70. The Morgan fingerprint density at radius 1 is 0.382 bits per heavy atom. The van der Waals surface area contributed by atoms with Gasteiger partial charge in [0, 0.05) is 0 Å². The summed E-state index contributed by atoms with van der Waals surface area (Å²) in [6, 6.07) is 0. The fraction of sp³-hybridized carbons (Fsp3) is 0.871. The lowest BCUT2D eigenvalue weighted by atomic mass is 10.5. The molecular formula is C31H66Si3. The maximum atomic E-state index is 4.70. The molecule has 0 aromatic heterocycles. The molecule has 0 saturated carbocycles. The van der Waals surface area contributed by atoms with E-state index in [4.69, 9.17) is 6.58 Å². The summed E-state index contributed by atoms with van der Waals surface area (Å²) in [5.41, 5.74) is 6.55. The third-order valence-corrected chi connectivity index (χ3v) is 34.4. The molecular weight excluding hydrogens is 457 g/mol. The molecule has 3 heteroatoms. The molecule has 0 atom stereocenters. The van der Waals surface area contributed by atoms with Gasteiger partial charge in [-0.1, -0.05) is 147 Å². The van der Waals surface area contributed by atoms with Crippen LogP contribution in [0.3, 0.4) is 0 Å². The molecule has 0 rings (SSSR count). The minimum Gasteiger partial charge on any atom is -0.0992 e. The Morgan fingerprint density at radius 2 is 0.559 bits per heavy atom. The van der Waals surface area contributed by atoms with E-state index < -0.39 is 24.2 Å². The van der Waals surface area contributed by atoms with E-state index in [0.717, 1.165) is 33.2 Å². The smallest absolute Gasteiger partial charge is 0.0931 e. The molecule has 0 aromatic carbocycles. The van der Waals surface area contributed by atoms with Gasteiger partial charge in [0.2, 0.25) is 0 Å². The Labute approximate surface area is 220 Å². The fourth-order valence-electron chi connectivity index (χ4n) is 10.0. The van der Waals surface area contributed by atoms with Gasteiger partial charge in [0.25, 0.3) is 0 Å². The highest BCUT2D eigenvalue weighted by Crippen LogP contribution is 2.61. The van der Waals surface area contributed by atoms with Crippen LogP contribution in [0.2, 0.25) is 49.9 Å². The minimum absolute atomic E-state index is 0.715.